The smallest absolute Gasteiger partial charge is 0.310 e. The molecule has 1 fully saturated rings. The van der Waals surface area contributed by atoms with Crippen LogP contribution in [0.1, 0.15) is 33.6 Å². The fraction of sp³-hybridized carbons (Fsp3) is 0.750. The SMILES string of the molecule is COC(=O)C1CC(=O)CC1C(=O)OC(C)(C)C. The fourth-order valence-electron chi connectivity index (χ4n) is 1.88. The molecule has 0 aromatic heterocycles. The Hall–Kier alpha value is -1.39. The van der Waals surface area contributed by atoms with Gasteiger partial charge in [-0.1, -0.05) is 0 Å². The number of hydrogen-bond donors (Lipinski definition) is 0. The van der Waals surface area contributed by atoms with Gasteiger partial charge in [0, 0.05) is 12.8 Å². The van der Waals surface area contributed by atoms with Gasteiger partial charge in [-0.2, -0.15) is 0 Å². The van der Waals surface area contributed by atoms with Crippen LogP contribution in [0.2, 0.25) is 0 Å². The Morgan fingerprint density at radius 3 is 2.00 bits per heavy atom. The van der Waals surface area contributed by atoms with Crippen molar-refractivity contribution in [1.29, 1.82) is 0 Å². The zero-order valence-electron chi connectivity index (χ0n) is 10.6. The van der Waals surface area contributed by atoms with Gasteiger partial charge in [0.05, 0.1) is 18.9 Å². The molecule has 0 saturated heterocycles. The summed E-state index contributed by atoms with van der Waals surface area (Å²) in [4.78, 5) is 34.7. The number of carbonyl (C=O) groups excluding carboxylic acids is 3. The summed E-state index contributed by atoms with van der Waals surface area (Å²) in [5.41, 5.74) is -0.622. The van der Waals surface area contributed by atoms with Gasteiger partial charge in [-0.15, -0.1) is 0 Å². The second-order valence-electron chi connectivity index (χ2n) is 5.22. The molecule has 96 valence electrons. The van der Waals surface area contributed by atoms with E-state index in [9.17, 15) is 14.4 Å². The van der Waals surface area contributed by atoms with Gasteiger partial charge in [0.15, 0.2) is 0 Å². The van der Waals surface area contributed by atoms with E-state index in [0.29, 0.717) is 0 Å². The summed E-state index contributed by atoms with van der Waals surface area (Å²) >= 11 is 0. The van der Waals surface area contributed by atoms with Gasteiger partial charge in [0.1, 0.15) is 11.4 Å². The zero-order valence-corrected chi connectivity index (χ0v) is 10.6. The summed E-state index contributed by atoms with van der Waals surface area (Å²) in [6.45, 7) is 5.23. The van der Waals surface area contributed by atoms with Crippen molar-refractivity contribution in [3.05, 3.63) is 0 Å². The third-order valence-corrected chi connectivity index (χ3v) is 2.59. The van der Waals surface area contributed by atoms with E-state index in [1.165, 1.54) is 7.11 Å². The lowest BCUT2D eigenvalue weighted by Gasteiger charge is -2.23. The van der Waals surface area contributed by atoms with Crippen LogP contribution in [0.3, 0.4) is 0 Å². The quantitative estimate of drug-likeness (QED) is 0.678. The van der Waals surface area contributed by atoms with Gasteiger partial charge < -0.3 is 9.47 Å². The van der Waals surface area contributed by atoms with Crippen LogP contribution in [0.5, 0.6) is 0 Å². The van der Waals surface area contributed by atoms with Crippen molar-refractivity contribution in [2.75, 3.05) is 7.11 Å². The second kappa shape index (κ2) is 4.85. The standard InChI is InChI=1S/C12H18O5/c1-12(2,3)17-11(15)9-6-7(13)5-8(9)10(14)16-4/h8-9H,5-6H2,1-4H3. The van der Waals surface area contributed by atoms with E-state index < -0.39 is 29.4 Å². The third kappa shape index (κ3) is 3.54. The monoisotopic (exact) mass is 242 g/mol. The summed E-state index contributed by atoms with van der Waals surface area (Å²) in [5, 5.41) is 0. The van der Waals surface area contributed by atoms with Gasteiger partial charge >= 0.3 is 11.9 Å². The minimum atomic E-state index is -0.700. The van der Waals surface area contributed by atoms with Crippen LogP contribution in [0, 0.1) is 11.8 Å². The van der Waals surface area contributed by atoms with Crippen LogP contribution in [-0.4, -0.2) is 30.4 Å². The number of ketones is 1. The summed E-state index contributed by atoms with van der Waals surface area (Å²) in [6.07, 6.45) is 0.130. The molecule has 5 nitrogen and oxygen atoms in total. The number of Topliss-reactive ketones (excluding diaryl/α,β-unsaturated/α-hetero) is 1. The Morgan fingerprint density at radius 1 is 1.12 bits per heavy atom. The number of methoxy groups -OCH3 is 1. The Balaban J connectivity index is 2.77. The van der Waals surface area contributed by atoms with Gasteiger partial charge in [0.25, 0.3) is 0 Å². The van der Waals surface area contributed by atoms with E-state index in [2.05, 4.69) is 4.74 Å². The first-order valence-electron chi connectivity index (χ1n) is 5.57. The molecular weight excluding hydrogens is 224 g/mol. The lowest BCUT2D eigenvalue weighted by molar-refractivity contribution is -0.166. The highest BCUT2D eigenvalue weighted by Crippen LogP contribution is 2.32. The average molecular weight is 242 g/mol. The summed E-state index contributed by atoms with van der Waals surface area (Å²) in [7, 11) is 1.25. The van der Waals surface area contributed by atoms with Crippen molar-refractivity contribution in [3.63, 3.8) is 0 Å². The number of carbonyl (C=O) groups is 3. The molecule has 2 unspecified atom stereocenters. The number of ether oxygens (including phenoxy) is 2. The maximum absolute atomic E-state index is 11.9. The highest BCUT2D eigenvalue weighted by Gasteiger charge is 2.44. The molecule has 0 spiro atoms. The van der Waals surface area contributed by atoms with E-state index in [4.69, 9.17) is 4.74 Å². The van der Waals surface area contributed by atoms with Crippen molar-refractivity contribution >= 4 is 17.7 Å². The molecular formula is C12H18O5. The fourth-order valence-corrected chi connectivity index (χ4v) is 1.88. The molecule has 0 aliphatic heterocycles. The largest absolute Gasteiger partial charge is 0.469 e. The summed E-state index contributed by atoms with van der Waals surface area (Å²) in [5.74, 6) is -2.52. The van der Waals surface area contributed by atoms with E-state index in [-0.39, 0.29) is 18.6 Å². The molecule has 1 rings (SSSR count). The molecule has 0 aromatic carbocycles. The van der Waals surface area contributed by atoms with E-state index in [1.807, 2.05) is 0 Å². The van der Waals surface area contributed by atoms with Crippen LogP contribution in [0.4, 0.5) is 0 Å². The lowest BCUT2D eigenvalue weighted by atomic mass is 9.96. The molecule has 0 amide bonds. The first-order chi connectivity index (χ1) is 7.74. The van der Waals surface area contributed by atoms with Gasteiger partial charge in [-0.25, -0.2) is 0 Å². The predicted molar refractivity (Wildman–Crippen MR) is 59.1 cm³/mol. The van der Waals surface area contributed by atoms with Crippen LogP contribution in [0.25, 0.3) is 0 Å². The van der Waals surface area contributed by atoms with E-state index >= 15 is 0 Å². The molecule has 1 aliphatic rings. The maximum Gasteiger partial charge on any atom is 0.310 e. The molecule has 0 bridgehead atoms. The Kier molecular flexibility index (Phi) is 3.91. The molecule has 17 heavy (non-hydrogen) atoms. The molecule has 1 aliphatic carbocycles. The third-order valence-electron chi connectivity index (χ3n) is 2.59. The maximum atomic E-state index is 11.9. The van der Waals surface area contributed by atoms with E-state index in [1.54, 1.807) is 20.8 Å². The summed E-state index contributed by atoms with van der Waals surface area (Å²) in [6, 6.07) is 0. The number of esters is 2. The Bertz CT molecular complexity index is 339. The Morgan fingerprint density at radius 2 is 1.59 bits per heavy atom. The zero-order chi connectivity index (χ0) is 13.2. The molecule has 0 aromatic rings. The van der Waals surface area contributed by atoms with Crippen molar-refractivity contribution in [1.82, 2.24) is 0 Å². The van der Waals surface area contributed by atoms with Gasteiger partial charge in [0.2, 0.25) is 0 Å². The topological polar surface area (TPSA) is 69.7 Å². The molecule has 1 saturated carbocycles. The second-order valence-corrected chi connectivity index (χ2v) is 5.22. The van der Waals surface area contributed by atoms with Crippen LogP contribution >= 0.6 is 0 Å². The van der Waals surface area contributed by atoms with Crippen molar-refractivity contribution < 1.29 is 23.9 Å². The molecule has 0 radical (unpaired) electrons. The first kappa shape index (κ1) is 13.7. The minimum Gasteiger partial charge on any atom is -0.469 e. The van der Waals surface area contributed by atoms with E-state index in [0.717, 1.165) is 0 Å². The number of hydrogen-bond acceptors (Lipinski definition) is 5. The highest BCUT2D eigenvalue weighted by molar-refractivity contribution is 5.95. The van der Waals surface area contributed by atoms with Gasteiger partial charge in [-0.05, 0) is 20.8 Å². The Labute approximate surface area is 100 Å². The number of rotatable bonds is 2. The van der Waals surface area contributed by atoms with Crippen molar-refractivity contribution in [3.8, 4) is 0 Å². The van der Waals surface area contributed by atoms with Crippen LogP contribution in [0.15, 0.2) is 0 Å². The normalized spacial score (nSPS) is 24.6. The van der Waals surface area contributed by atoms with Crippen LogP contribution < -0.4 is 0 Å². The predicted octanol–water partition coefficient (Wildman–Crippen LogP) is 1.10. The van der Waals surface area contributed by atoms with Crippen molar-refractivity contribution in [2.45, 2.75) is 39.2 Å². The minimum absolute atomic E-state index is 0.0642. The van der Waals surface area contributed by atoms with Crippen molar-refractivity contribution in [2.24, 2.45) is 11.8 Å². The van der Waals surface area contributed by atoms with Crippen LogP contribution in [-0.2, 0) is 23.9 Å². The molecule has 0 heterocycles. The van der Waals surface area contributed by atoms with Gasteiger partial charge in [-0.3, -0.25) is 14.4 Å². The average Bonchev–Trinajstić information content (AvgIpc) is 2.56. The summed E-state index contributed by atoms with van der Waals surface area (Å²) < 4.78 is 9.79. The highest BCUT2D eigenvalue weighted by atomic mass is 16.6. The molecule has 0 N–H and O–H groups in total. The lowest BCUT2D eigenvalue weighted by Crippen LogP contribution is -2.33. The molecule has 2 atom stereocenters. The molecule has 5 heteroatoms. The first-order valence-corrected chi connectivity index (χ1v) is 5.57.